The molecule has 0 spiro atoms. The van der Waals surface area contributed by atoms with E-state index in [-0.39, 0.29) is 17.7 Å². The van der Waals surface area contributed by atoms with E-state index >= 15 is 0 Å². The number of nitrogens with zero attached hydrogens (tertiary/aromatic N) is 5. The molecule has 1 aromatic carbocycles. The van der Waals surface area contributed by atoms with Crippen LogP contribution in [0.1, 0.15) is 23.2 Å². The van der Waals surface area contributed by atoms with Gasteiger partial charge in [0.15, 0.2) is 0 Å². The standard InChI is InChI=1S/C21H27N7O3/c1-22-18(29)16-3-2-4-17(13-16)25-20-23-14-24-21(26-20)28-7-5-15(6-8-28)19(30)27-9-11-31-12-10-27/h2-4,13-15H,5-12H2,1H3,(H,22,29)(H,23,24,25,26). The summed E-state index contributed by atoms with van der Waals surface area (Å²) in [5.41, 5.74) is 1.27. The number of anilines is 3. The van der Waals surface area contributed by atoms with Crippen molar-refractivity contribution in [2.75, 3.05) is 56.7 Å². The van der Waals surface area contributed by atoms with Crippen molar-refractivity contribution in [3.8, 4) is 0 Å². The molecule has 2 aliphatic heterocycles. The maximum Gasteiger partial charge on any atom is 0.251 e. The number of hydrogen-bond acceptors (Lipinski definition) is 8. The second-order valence-electron chi connectivity index (χ2n) is 7.59. The summed E-state index contributed by atoms with van der Waals surface area (Å²) in [5.74, 6) is 1.11. The number of nitrogens with one attached hydrogen (secondary N) is 2. The summed E-state index contributed by atoms with van der Waals surface area (Å²) in [6, 6.07) is 7.13. The van der Waals surface area contributed by atoms with E-state index in [4.69, 9.17) is 4.74 Å². The molecular weight excluding hydrogens is 398 g/mol. The molecule has 4 rings (SSSR count). The molecule has 2 saturated heterocycles. The zero-order chi connectivity index (χ0) is 21.6. The van der Waals surface area contributed by atoms with Crippen molar-refractivity contribution in [2.24, 2.45) is 5.92 Å². The van der Waals surface area contributed by atoms with Crippen LogP contribution in [-0.4, -0.2) is 78.1 Å². The predicted molar refractivity (Wildman–Crippen MR) is 115 cm³/mol. The lowest BCUT2D eigenvalue weighted by Gasteiger charge is -2.35. The largest absolute Gasteiger partial charge is 0.378 e. The Morgan fingerprint density at radius 1 is 1.10 bits per heavy atom. The maximum atomic E-state index is 12.7. The van der Waals surface area contributed by atoms with Crippen molar-refractivity contribution < 1.29 is 14.3 Å². The molecule has 0 saturated carbocycles. The van der Waals surface area contributed by atoms with Gasteiger partial charge in [0.05, 0.1) is 13.2 Å². The highest BCUT2D eigenvalue weighted by Crippen LogP contribution is 2.24. The molecule has 0 bridgehead atoms. The average Bonchev–Trinajstić information content (AvgIpc) is 2.84. The first-order valence-corrected chi connectivity index (χ1v) is 10.5. The lowest BCUT2D eigenvalue weighted by Crippen LogP contribution is -2.47. The Kier molecular flexibility index (Phi) is 6.56. The fraction of sp³-hybridized carbons (Fsp3) is 0.476. The Balaban J connectivity index is 1.37. The zero-order valence-electron chi connectivity index (χ0n) is 17.6. The van der Waals surface area contributed by atoms with Crippen LogP contribution in [0.15, 0.2) is 30.6 Å². The van der Waals surface area contributed by atoms with Gasteiger partial charge in [-0.2, -0.15) is 4.98 Å². The molecule has 10 nitrogen and oxygen atoms in total. The number of benzene rings is 1. The summed E-state index contributed by atoms with van der Waals surface area (Å²) in [5, 5.41) is 5.74. The summed E-state index contributed by atoms with van der Waals surface area (Å²) in [6.07, 6.45) is 3.02. The van der Waals surface area contributed by atoms with Crippen LogP contribution in [0.3, 0.4) is 0 Å². The van der Waals surface area contributed by atoms with Crippen LogP contribution in [0.4, 0.5) is 17.6 Å². The molecular formula is C21H27N7O3. The van der Waals surface area contributed by atoms with Gasteiger partial charge in [-0.1, -0.05) is 6.07 Å². The SMILES string of the molecule is CNC(=O)c1cccc(Nc2ncnc(N3CCC(C(=O)N4CCOCC4)CC3)n2)c1. The molecule has 0 unspecified atom stereocenters. The zero-order valence-corrected chi connectivity index (χ0v) is 17.6. The van der Waals surface area contributed by atoms with Gasteiger partial charge in [0.2, 0.25) is 17.8 Å². The minimum absolute atomic E-state index is 0.0428. The maximum absolute atomic E-state index is 12.7. The van der Waals surface area contributed by atoms with Crippen LogP contribution >= 0.6 is 0 Å². The lowest BCUT2D eigenvalue weighted by atomic mass is 9.95. The molecule has 2 aliphatic rings. The molecule has 31 heavy (non-hydrogen) atoms. The van der Waals surface area contributed by atoms with Crippen LogP contribution in [-0.2, 0) is 9.53 Å². The molecule has 164 valence electrons. The number of hydrogen-bond donors (Lipinski definition) is 2. The molecule has 2 amide bonds. The normalized spacial score (nSPS) is 17.3. The van der Waals surface area contributed by atoms with Crippen molar-refractivity contribution >= 4 is 29.4 Å². The summed E-state index contributed by atoms with van der Waals surface area (Å²) in [6.45, 7) is 4.05. The van der Waals surface area contributed by atoms with E-state index < -0.39 is 0 Å². The van der Waals surface area contributed by atoms with E-state index in [1.165, 1.54) is 6.33 Å². The number of piperidine rings is 1. The van der Waals surface area contributed by atoms with Crippen LogP contribution in [0.2, 0.25) is 0 Å². The van der Waals surface area contributed by atoms with Crippen LogP contribution < -0.4 is 15.5 Å². The summed E-state index contributed by atoms with van der Waals surface area (Å²) < 4.78 is 5.34. The van der Waals surface area contributed by atoms with Crippen molar-refractivity contribution in [3.63, 3.8) is 0 Å². The van der Waals surface area contributed by atoms with E-state index in [0.29, 0.717) is 49.5 Å². The minimum Gasteiger partial charge on any atom is -0.378 e. The molecule has 0 atom stereocenters. The third-order valence-corrected chi connectivity index (χ3v) is 5.62. The van der Waals surface area contributed by atoms with Gasteiger partial charge in [-0.25, -0.2) is 9.97 Å². The summed E-state index contributed by atoms with van der Waals surface area (Å²) >= 11 is 0. The monoisotopic (exact) mass is 425 g/mol. The first kappa shape index (κ1) is 21.0. The smallest absolute Gasteiger partial charge is 0.251 e. The van der Waals surface area contributed by atoms with Crippen LogP contribution in [0.25, 0.3) is 0 Å². The summed E-state index contributed by atoms with van der Waals surface area (Å²) in [4.78, 5) is 41.6. The van der Waals surface area contributed by atoms with Gasteiger partial charge in [-0.3, -0.25) is 9.59 Å². The third-order valence-electron chi connectivity index (χ3n) is 5.62. The van der Waals surface area contributed by atoms with Gasteiger partial charge >= 0.3 is 0 Å². The number of aromatic nitrogens is 3. The number of amides is 2. The van der Waals surface area contributed by atoms with Crippen molar-refractivity contribution in [1.82, 2.24) is 25.2 Å². The van der Waals surface area contributed by atoms with Gasteiger partial charge in [-0.15, -0.1) is 0 Å². The predicted octanol–water partition coefficient (Wildman–Crippen LogP) is 1.05. The van der Waals surface area contributed by atoms with Crippen LogP contribution in [0.5, 0.6) is 0 Å². The number of ether oxygens (including phenoxy) is 1. The van der Waals surface area contributed by atoms with Gasteiger partial charge in [0, 0.05) is 50.4 Å². The molecule has 10 heteroatoms. The quantitative estimate of drug-likeness (QED) is 0.731. The van der Waals surface area contributed by atoms with Crippen molar-refractivity contribution in [2.45, 2.75) is 12.8 Å². The van der Waals surface area contributed by atoms with Gasteiger partial charge in [0.25, 0.3) is 5.91 Å². The van der Waals surface area contributed by atoms with Crippen molar-refractivity contribution in [3.05, 3.63) is 36.2 Å². The summed E-state index contributed by atoms with van der Waals surface area (Å²) in [7, 11) is 1.60. The highest BCUT2D eigenvalue weighted by Gasteiger charge is 2.30. The van der Waals surface area contributed by atoms with Gasteiger partial charge in [-0.05, 0) is 31.0 Å². The Labute approximate surface area is 181 Å². The van der Waals surface area contributed by atoms with E-state index in [1.807, 2.05) is 11.0 Å². The lowest BCUT2D eigenvalue weighted by molar-refractivity contribution is -0.140. The number of carbonyl (C=O) groups excluding carboxylic acids is 2. The molecule has 2 aromatic rings. The minimum atomic E-state index is -0.158. The highest BCUT2D eigenvalue weighted by molar-refractivity contribution is 5.95. The van der Waals surface area contributed by atoms with E-state index in [1.54, 1.807) is 25.2 Å². The third kappa shape index (κ3) is 5.08. The van der Waals surface area contributed by atoms with E-state index in [2.05, 4.69) is 30.5 Å². The topological polar surface area (TPSA) is 113 Å². The Bertz CT molecular complexity index is 925. The molecule has 2 fully saturated rings. The number of morpholine rings is 1. The molecule has 1 aromatic heterocycles. The molecule has 0 aliphatic carbocycles. The number of rotatable bonds is 5. The Morgan fingerprint density at radius 3 is 2.61 bits per heavy atom. The second-order valence-corrected chi connectivity index (χ2v) is 7.59. The second kappa shape index (κ2) is 9.69. The van der Waals surface area contributed by atoms with Crippen molar-refractivity contribution in [1.29, 1.82) is 0 Å². The molecule has 2 N–H and O–H groups in total. The highest BCUT2D eigenvalue weighted by atomic mass is 16.5. The first-order valence-electron chi connectivity index (χ1n) is 10.5. The van der Waals surface area contributed by atoms with E-state index in [0.717, 1.165) is 25.9 Å². The Hall–Kier alpha value is -3.27. The first-order chi connectivity index (χ1) is 15.1. The fourth-order valence-corrected chi connectivity index (χ4v) is 3.88. The van der Waals surface area contributed by atoms with Gasteiger partial charge in [0.1, 0.15) is 6.33 Å². The molecule has 0 radical (unpaired) electrons. The fourth-order valence-electron chi connectivity index (χ4n) is 3.88. The Morgan fingerprint density at radius 2 is 1.87 bits per heavy atom. The van der Waals surface area contributed by atoms with E-state index in [9.17, 15) is 9.59 Å². The van der Waals surface area contributed by atoms with Gasteiger partial charge < -0.3 is 25.2 Å². The van der Waals surface area contributed by atoms with Crippen LogP contribution in [0, 0.1) is 5.92 Å². The average molecular weight is 425 g/mol. The molecule has 3 heterocycles. The number of carbonyl (C=O) groups is 2.